The molecular formula is C17H26ClN3OS. The van der Waals surface area contributed by atoms with Gasteiger partial charge in [-0.05, 0) is 37.1 Å². The topological polar surface area (TPSA) is 58.4 Å². The van der Waals surface area contributed by atoms with Crippen molar-refractivity contribution in [1.82, 2.24) is 4.90 Å². The van der Waals surface area contributed by atoms with Gasteiger partial charge in [-0.25, -0.2) is 0 Å². The number of benzene rings is 1. The molecule has 0 radical (unpaired) electrons. The van der Waals surface area contributed by atoms with E-state index >= 15 is 0 Å². The Morgan fingerprint density at radius 3 is 2.91 bits per heavy atom. The molecule has 1 aliphatic rings. The average molecular weight is 356 g/mol. The fourth-order valence-corrected chi connectivity index (χ4v) is 3.41. The molecule has 0 aromatic heterocycles. The first kappa shape index (κ1) is 20.0. The zero-order chi connectivity index (χ0) is 16.0. The molecule has 3 N–H and O–H groups in total. The van der Waals surface area contributed by atoms with Crippen LogP contribution < -0.4 is 11.1 Å². The highest BCUT2D eigenvalue weighted by Gasteiger charge is 2.33. The van der Waals surface area contributed by atoms with Gasteiger partial charge in [0.25, 0.3) is 0 Å². The lowest BCUT2D eigenvalue weighted by Gasteiger charge is -2.22. The number of amides is 1. The van der Waals surface area contributed by atoms with Gasteiger partial charge in [0.1, 0.15) is 0 Å². The van der Waals surface area contributed by atoms with Gasteiger partial charge < -0.3 is 11.1 Å². The maximum Gasteiger partial charge on any atom is 0.238 e. The van der Waals surface area contributed by atoms with Crippen molar-refractivity contribution >= 4 is 35.8 Å². The molecule has 1 aromatic carbocycles. The van der Waals surface area contributed by atoms with E-state index in [0.29, 0.717) is 13.1 Å². The highest BCUT2D eigenvalue weighted by Crippen LogP contribution is 2.29. The van der Waals surface area contributed by atoms with Crippen LogP contribution in [0.15, 0.2) is 41.8 Å². The average Bonchev–Trinajstić information content (AvgIpc) is 2.88. The van der Waals surface area contributed by atoms with Crippen LogP contribution in [0.4, 0.5) is 5.69 Å². The van der Waals surface area contributed by atoms with Crippen LogP contribution in [-0.4, -0.2) is 42.7 Å². The van der Waals surface area contributed by atoms with Gasteiger partial charge in [-0.1, -0.05) is 25.1 Å². The number of nitrogens with zero attached hydrogens (tertiary/aromatic N) is 1. The quantitative estimate of drug-likeness (QED) is 0.583. The zero-order valence-electron chi connectivity index (χ0n) is 13.6. The van der Waals surface area contributed by atoms with E-state index in [-0.39, 0.29) is 23.7 Å². The summed E-state index contributed by atoms with van der Waals surface area (Å²) in [5.41, 5.74) is 6.84. The predicted molar refractivity (Wildman–Crippen MR) is 101 cm³/mol. The van der Waals surface area contributed by atoms with Crippen molar-refractivity contribution in [3.63, 3.8) is 0 Å². The van der Waals surface area contributed by atoms with Gasteiger partial charge >= 0.3 is 0 Å². The number of carbonyl (C=O) groups excluding carboxylic acids is 1. The second kappa shape index (κ2) is 9.33. The molecule has 6 heteroatoms. The molecule has 0 bridgehead atoms. The van der Waals surface area contributed by atoms with Gasteiger partial charge in [-0.3, -0.25) is 9.69 Å². The van der Waals surface area contributed by atoms with Crippen molar-refractivity contribution in [2.24, 2.45) is 11.1 Å². The Morgan fingerprint density at radius 1 is 1.52 bits per heavy atom. The molecule has 1 atom stereocenters. The number of carbonyl (C=O) groups is 1. The highest BCUT2D eigenvalue weighted by atomic mass is 35.5. The minimum Gasteiger partial charge on any atom is -0.330 e. The van der Waals surface area contributed by atoms with Crippen LogP contribution in [0.25, 0.3) is 0 Å². The van der Waals surface area contributed by atoms with E-state index in [1.165, 1.54) is 0 Å². The second-order valence-electron chi connectivity index (χ2n) is 6.12. The smallest absolute Gasteiger partial charge is 0.238 e. The van der Waals surface area contributed by atoms with Crippen LogP contribution in [0.5, 0.6) is 0 Å². The number of likely N-dealkylation sites (tertiary alicyclic amines) is 1. The molecule has 1 saturated heterocycles. The lowest BCUT2D eigenvalue weighted by molar-refractivity contribution is -0.117. The molecule has 0 spiro atoms. The van der Waals surface area contributed by atoms with Crippen molar-refractivity contribution in [1.29, 1.82) is 0 Å². The molecule has 1 heterocycles. The summed E-state index contributed by atoms with van der Waals surface area (Å²) < 4.78 is 0. The van der Waals surface area contributed by atoms with E-state index < -0.39 is 0 Å². The van der Waals surface area contributed by atoms with E-state index in [4.69, 9.17) is 5.73 Å². The number of hydrogen-bond acceptors (Lipinski definition) is 4. The molecule has 1 aliphatic heterocycles. The maximum absolute atomic E-state index is 12.3. The molecule has 23 heavy (non-hydrogen) atoms. The first-order valence-corrected chi connectivity index (χ1v) is 8.60. The summed E-state index contributed by atoms with van der Waals surface area (Å²) in [6, 6.07) is 7.88. The first-order valence-electron chi connectivity index (χ1n) is 7.61. The summed E-state index contributed by atoms with van der Waals surface area (Å²) >= 11 is 1.67. The summed E-state index contributed by atoms with van der Waals surface area (Å²) in [6.45, 7) is 8.85. The van der Waals surface area contributed by atoms with Crippen LogP contribution in [0.1, 0.15) is 13.3 Å². The summed E-state index contributed by atoms with van der Waals surface area (Å²) in [5.74, 6) is 0.862. The van der Waals surface area contributed by atoms with Crippen molar-refractivity contribution in [2.75, 3.05) is 37.2 Å². The Balaban J connectivity index is 0.00000264. The first-order chi connectivity index (χ1) is 10.6. The third kappa shape index (κ3) is 5.84. The number of nitrogens with two attached hydrogens (primary N) is 1. The van der Waals surface area contributed by atoms with Gasteiger partial charge in [-0.15, -0.1) is 30.7 Å². The number of anilines is 1. The fraction of sp³-hybridized carbons (Fsp3) is 0.471. The van der Waals surface area contributed by atoms with Crippen LogP contribution in [-0.2, 0) is 4.79 Å². The summed E-state index contributed by atoms with van der Waals surface area (Å²) in [7, 11) is 0. The lowest BCUT2D eigenvalue weighted by atomic mass is 9.90. The number of halogens is 1. The standard InChI is InChI=1S/C17H25N3OS.ClH/c1-3-10-22-15-7-5-4-6-14(15)19-16(21)11-20-9-8-17(2,12-18)13-20;/h3-7H,1,8-13,18H2,2H3,(H,19,21);1H. The van der Waals surface area contributed by atoms with E-state index in [2.05, 4.69) is 23.7 Å². The van der Waals surface area contributed by atoms with E-state index in [1.807, 2.05) is 30.3 Å². The summed E-state index contributed by atoms with van der Waals surface area (Å²) in [6.07, 6.45) is 2.92. The number of para-hydroxylation sites is 1. The van der Waals surface area contributed by atoms with E-state index in [0.717, 1.165) is 35.8 Å². The second-order valence-corrected chi connectivity index (χ2v) is 7.18. The highest BCUT2D eigenvalue weighted by molar-refractivity contribution is 7.99. The predicted octanol–water partition coefficient (Wildman–Crippen LogP) is 3.00. The van der Waals surface area contributed by atoms with Crippen molar-refractivity contribution in [3.05, 3.63) is 36.9 Å². The lowest BCUT2D eigenvalue weighted by Crippen LogP contribution is -2.35. The number of hydrogen-bond donors (Lipinski definition) is 2. The molecule has 1 amide bonds. The van der Waals surface area contributed by atoms with Crippen molar-refractivity contribution < 1.29 is 4.79 Å². The Hall–Kier alpha value is -1.01. The maximum atomic E-state index is 12.3. The molecular weight excluding hydrogens is 330 g/mol. The van der Waals surface area contributed by atoms with E-state index in [1.54, 1.807) is 11.8 Å². The normalized spacial score (nSPS) is 20.8. The minimum atomic E-state index is 0. The SMILES string of the molecule is C=CCSc1ccccc1NC(=O)CN1CCC(C)(CN)C1.Cl. The van der Waals surface area contributed by atoms with Crippen LogP contribution >= 0.6 is 24.2 Å². The molecule has 0 aliphatic carbocycles. The molecule has 2 rings (SSSR count). The summed E-state index contributed by atoms with van der Waals surface area (Å²) in [4.78, 5) is 15.5. The number of nitrogens with one attached hydrogen (secondary N) is 1. The molecule has 128 valence electrons. The Labute approximate surface area is 149 Å². The van der Waals surface area contributed by atoms with Gasteiger partial charge in [0, 0.05) is 17.2 Å². The van der Waals surface area contributed by atoms with Gasteiger partial charge in [0.15, 0.2) is 0 Å². The van der Waals surface area contributed by atoms with Gasteiger partial charge in [0.05, 0.1) is 12.2 Å². The van der Waals surface area contributed by atoms with Gasteiger partial charge in [-0.2, -0.15) is 0 Å². The number of rotatable bonds is 7. The Morgan fingerprint density at radius 2 is 2.26 bits per heavy atom. The Kier molecular flexibility index (Phi) is 8.12. The van der Waals surface area contributed by atoms with Crippen LogP contribution in [0.2, 0.25) is 0 Å². The summed E-state index contributed by atoms with van der Waals surface area (Å²) in [5, 5.41) is 3.02. The molecule has 1 unspecified atom stereocenters. The largest absolute Gasteiger partial charge is 0.330 e. The van der Waals surface area contributed by atoms with E-state index in [9.17, 15) is 4.79 Å². The van der Waals surface area contributed by atoms with Crippen LogP contribution in [0.3, 0.4) is 0 Å². The Bertz CT molecular complexity index is 540. The third-order valence-electron chi connectivity index (χ3n) is 4.01. The molecule has 1 fully saturated rings. The molecule has 4 nitrogen and oxygen atoms in total. The molecule has 1 aromatic rings. The van der Waals surface area contributed by atoms with Crippen molar-refractivity contribution in [3.8, 4) is 0 Å². The number of thioether (sulfide) groups is 1. The molecule has 0 saturated carbocycles. The minimum absolute atomic E-state index is 0. The fourth-order valence-electron chi connectivity index (χ4n) is 2.66. The van der Waals surface area contributed by atoms with Crippen molar-refractivity contribution in [2.45, 2.75) is 18.2 Å². The monoisotopic (exact) mass is 355 g/mol. The van der Waals surface area contributed by atoms with Crippen LogP contribution in [0, 0.1) is 5.41 Å². The zero-order valence-corrected chi connectivity index (χ0v) is 15.2. The third-order valence-corrected chi connectivity index (χ3v) is 5.08. The van der Waals surface area contributed by atoms with Gasteiger partial charge in [0.2, 0.25) is 5.91 Å².